The van der Waals surface area contributed by atoms with Gasteiger partial charge in [-0.15, -0.1) is 5.10 Å². The fourth-order valence-corrected chi connectivity index (χ4v) is 1.97. The number of nitriles is 1. The molecule has 1 heterocycles. The summed E-state index contributed by atoms with van der Waals surface area (Å²) in [5.41, 5.74) is 3.22. The number of benzene rings is 2. The van der Waals surface area contributed by atoms with E-state index in [0.717, 1.165) is 22.7 Å². The number of ether oxygens (including phenoxy) is 1. The van der Waals surface area contributed by atoms with Crippen LogP contribution in [0.15, 0.2) is 54.7 Å². The Balaban J connectivity index is 1.89. The van der Waals surface area contributed by atoms with Gasteiger partial charge in [-0.05, 0) is 36.4 Å². The van der Waals surface area contributed by atoms with E-state index in [4.69, 9.17) is 10.00 Å². The lowest BCUT2D eigenvalue weighted by Gasteiger charge is -2.02. The van der Waals surface area contributed by atoms with Gasteiger partial charge in [-0.2, -0.15) is 5.26 Å². The highest BCUT2D eigenvalue weighted by molar-refractivity contribution is 5.59. The molecule has 5 nitrogen and oxygen atoms in total. The molecule has 1 aromatic heterocycles. The van der Waals surface area contributed by atoms with Gasteiger partial charge in [0.25, 0.3) is 0 Å². The molecule has 0 aliphatic heterocycles. The first-order valence-corrected chi connectivity index (χ1v) is 6.37. The predicted molar refractivity (Wildman–Crippen MR) is 78.1 cm³/mol. The first kappa shape index (κ1) is 12.9. The van der Waals surface area contributed by atoms with Gasteiger partial charge in [-0.1, -0.05) is 17.3 Å². The summed E-state index contributed by atoms with van der Waals surface area (Å²) in [6, 6.07) is 16.9. The van der Waals surface area contributed by atoms with Crippen molar-refractivity contribution < 1.29 is 4.74 Å². The minimum atomic E-state index is 0.626. The van der Waals surface area contributed by atoms with Gasteiger partial charge in [0.1, 0.15) is 11.4 Å². The third kappa shape index (κ3) is 2.60. The molecule has 0 saturated heterocycles. The summed E-state index contributed by atoms with van der Waals surface area (Å²) in [4.78, 5) is 0. The molecule has 0 N–H and O–H groups in total. The number of rotatable bonds is 3. The Bertz CT molecular complexity index is 782. The van der Waals surface area contributed by atoms with E-state index in [2.05, 4.69) is 16.4 Å². The van der Waals surface area contributed by atoms with Crippen LogP contribution in [0.1, 0.15) is 5.56 Å². The van der Waals surface area contributed by atoms with E-state index >= 15 is 0 Å². The highest BCUT2D eigenvalue weighted by atomic mass is 16.5. The SMILES string of the molecule is COc1ccc(-n2cc(-c3ccc(C#N)cc3)nn2)cc1. The molecule has 0 aliphatic rings. The highest BCUT2D eigenvalue weighted by Crippen LogP contribution is 2.19. The monoisotopic (exact) mass is 276 g/mol. The van der Waals surface area contributed by atoms with E-state index in [0.29, 0.717) is 5.56 Å². The number of hydrogen-bond acceptors (Lipinski definition) is 4. The number of methoxy groups -OCH3 is 1. The fraction of sp³-hybridized carbons (Fsp3) is 0.0625. The van der Waals surface area contributed by atoms with Crippen LogP contribution < -0.4 is 4.74 Å². The molecule has 0 radical (unpaired) electrons. The first-order valence-electron chi connectivity index (χ1n) is 6.37. The Hall–Kier alpha value is -3.13. The van der Waals surface area contributed by atoms with Crippen LogP contribution in [0.5, 0.6) is 5.75 Å². The van der Waals surface area contributed by atoms with Gasteiger partial charge in [0.2, 0.25) is 0 Å². The van der Waals surface area contributed by atoms with Crippen molar-refractivity contribution in [1.29, 1.82) is 5.26 Å². The number of hydrogen-bond donors (Lipinski definition) is 0. The molecule has 0 unspecified atom stereocenters. The van der Waals surface area contributed by atoms with Crippen molar-refractivity contribution in [3.63, 3.8) is 0 Å². The summed E-state index contributed by atoms with van der Waals surface area (Å²) in [6.45, 7) is 0. The fourth-order valence-electron chi connectivity index (χ4n) is 1.97. The highest BCUT2D eigenvalue weighted by Gasteiger charge is 2.05. The zero-order valence-electron chi connectivity index (χ0n) is 11.4. The van der Waals surface area contributed by atoms with Crippen molar-refractivity contribution in [3.05, 3.63) is 60.3 Å². The van der Waals surface area contributed by atoms with E-state index in [1.54, 1.807) is 23.9 Å². The lowest BCUT2D eigenvalue weighted by atomic mass is 10.1. The van der Waals surface area contributed by atoms with Crippen LogP contribution in [0.3, 0.4) is 0 Å². The van der Waals surface area contributed by atoms with Gasteiger partial charge in [-0.25, -0.2) is 4.68 Å². The van der Waals surface area contributed by atoms with Gasteiger partial charge >= 0.3 is 0 Å². The van der Waals surface area contributed by atoms with Gasteiger partial charge in [0, 0.05) is 5.56 Å². The molecule has 0 fully saturated rings. The minimum absolute atomic E-state index is 0.626. The maximum absolute atomic E-state index is 8.80. The molecule has 102 valence electrons. The molecule has 0 atom stereocenters. The van der Waals surface area contributed by atoms with Gasteiger partial charge in [0.05, 0.1) is 30.6 Å². The van der Waals surface area contributed by atoms with Crippen LogP contribution in [0.4, 0.5) is 0 Å². The first-order chi connectivity index (χ1) is 10.3. The molecule has 0 spiro atoms. The van der Waals surface area contributed by atoms with Crippen LogP contribution in [0.25, 0.3) is 16.9 Å². The van der Waals surface area contributed by atoms with E-state index in [-0.39, 0.29) is 0 Å². The minimum Gasteiger partial charge on any atom is -0.497 e. The van der Waals surface area contributed by atoms with Crippen molar-refractivity contribution >= 4 is 0 Å². The summed E-state index contributed by atoms with van der Waals surface area (Å²) in [7, 11) is 1.63. The van der Waals surface area contributed by atoms with Crippen molar-refractivity contribution in [2.24, 2.45) is 0 Å². The molecule has 2 aromatic carbocycles. The van der Waals surface area contributed by atoms with Gasteiger partial charge in [0.15, 0.2) is 0 Å². The molecule has 0 aliphatic carbocycles. The summed E-state index contributed by atoms with van der Waals surface area (Å²) in [5.74, 6) is 0.797. The molecule has 3 aromatic rings. The Morgan fingerprint density at radius 2 is 1.76 bits per heavy atom. The van der Waals surface area contributed by atoms with Crippen molar-refractivity contribution in [2.75, 3.05) is 7.11 Å². The molecule has 3 rings (SSSR count). The Morgan fingerprint density at radius 3 is 2.38 bits per heavy atom. The van der Waals surface area contributed by atoms with Gasteiger partial charge in [-0.3, -0.25) is 0 Å². The molecule has 21 heavy (non-hydrogen) atoms. The standard InChI is InChI=1S/C16H12N4O/c1-21-15-8-6-14(7-9-15)20-11-16(18-19-20)13-4-2-12(10-17)3-5-13/h2-9,11H,1H3. The lowest BCUT2D eigenvalue weighted by Crippen LogP contribution is -1.94. The maximum atomic E-state index is 8.80. The zero-order chi connectivity index (χ0) is 14.7. The Labute approximate surface area is 122 Å². The molecular formula is C16H12N4O. The van der Waals surface area contributed by atoms with Crippen molar-refractivity contribution in [1.82, 2.24) is 15.0 Å². The van der Waals surface area contributed by atoms with Crippen LogP contribution in [-0.2, 0) is 0 Å². The van der Waals surface area contributed by atoms with Crippen LogP contribution >= 0.6 is 0 Å². The van der Waals surface area contributed by atoms with E-state index in [1.165, 1.54) is 0 Å². The average Bonchev–Trinajstić information content (AvgIpc) is 3.05. The maximum Gasteiger partial charge on any atom is 0.119 e. The normalized spacial score (nSPS) is 10.1. The topological polar surface area (TPSA) is 63.7 Å². The molecular weight excluding hydrogens is 264 g/mol. The second-order valence-electron chi connectivity index (χ2n) is 4.44. The predicted octanol–water partition coefficient (Wildman–Crippen LogP) is 2.81. The van der Waals surface area contributed by atoms with Crippen LogP contribution in [-0.4, -0.2) is 22.1 Å². The summed E-state index contributed by atoms with van der Waals surface area (Å²) < 4.78 is 6.83. The molecule has 0 amide bonds. The third-order valence-corrected chi connectivity index (χ3v) is 3.14. The lowest BCUT2D eigenvalue weighted by molar-refractivity contribution is 0.414. The largest absolute Gasteiger partial charge is 0.497 e. The quantitative estimate of drug-likeness (QED) is 0.738. The van der Waals surface area contributed by atoms with Gasteiger partial charge < -0.3 is 4.74 Å². The van der Waals surface area contributed by atoms with Crippen LogP contribution in [0, 0.1) is 11.3 Å². The molecule has 0 bridgehead atoms. The van der Waals surface area contributed by atoms with Crippen molar-refractivity contribution in [2.45, 2.75) is 0 Å². The number of aromatic nitrogens is 3. The second-order valence-corrected chi connectivity index (χ2v) is 4.44. The van der Waals surface area contributed by atoms with E-state index in [9.17, 15) is 0 Å². The van der Waals surface area contributed by atoms with E-state index < -0.39 is 0 Å². The third-order valence-electron chi connectivity index (χ3n) is 3.14. The van der Waals surface area contributed by atoms with Crippen LogP contribution in [0.2, 0.25) is 0 Å². The summed E-state index contributed by atoms with van der Waals surface area (Å²) in [6.07, 6.45) is 1.85. The Kier molecular flexibility index (Phi) is 3.36. The second kappa shape index (κ2) is 5.47. The van der Waals surface area contributed by atoms with E-state index in [1.807, 2.05) is 42.6 Å². The zero-order valence-corrected chi connectivity index (χ0v) is 11.4. The Morgan fingerprint density at radius 1 is 1.05 bits per heavy atom. The molecule has 5 heteroatoms. The number of nitrogens with zero attached hydrogens (tertiary/aromatic N) is 4. The summed E-state index contributed by atoms with van der Waals surface area (Å²) in [5, 5.41) is 17.1. The molecule has 0 saturated carbocycles. The van der Waals surface area contributed by atoms with Crippen molar-refractivity contribution in [3.8, 4) is 28.8 Å². The smallest absolute Gasteiger partial charge is 0.119 e. The average molecular weight is 276 g/mol. The summed E-state index contributed by atoms with van der Waals surface area (Å²) >= 11 is 0.